The third-order valence-corrected chi connectivity index (χ3v) is 4.37. The molecule has 0 fully saturated rings. The van der Waals surface area contributed by atoms with Crippen molar-refractivity contribution in [3.8, 4) is 11.5 Å². The predicted octanol–water partition coefficient (Wildman–Crippen LogP) is 3.39. The molecule has 21 heavy (non-hydrogen) atoms. The van der Waals surface area contributed by atoms with Gasteiger partial charge in [-0.2, -0.15) is 0 Å². The molecule has 0 saturated carbocycles. The van der Waals surface area contributed by atoms with Crippen molar-refractivity contribution >= 4 is 0 Å². The van der Waals surface area contributed by atoms with Gasteiger partial charge in [0, 0.05) is 5.92 Å². The molecule has 1 N–H and O–H groups in total. The predicted molar refractivity (Wildman–Crippen MR) is 82.1 cm³/mol. The van der Waals surface area contributed by atoms with Gasteiger partial charge in [-0.3, -0.25) is 0 Å². The van der Waals surface area contributed by atoms with Crippen LogP contribution in [0.5, 0.6) is 11.5 Å². The van der Waals surface area contributed by atoms with Gasteiger partial charge in [0.25, 0.3) is 0 Å². The van der Waals surface area contributed by atoms with Crippen molar-refractivity contribution in [2.24, 2.45) is 0 Å². The van der Waals surface area contributed by atoms with Crippen molar-refractivity contribution in [2.45, 2.75) is 25.4 Å². The lowest BCUT2D eigenvalue weighted by Crippen LogP contribution is -2.24. The van der Waals surface area contributed by atoms with Crippen LogP contribution in [0.3, 0.4) is 0 Å². The Morgan fingerprint density at radius 1 is 1.10 bits per heavy atom. The molecule has 0 aromatic heterocycles. The number of hydrogen-bond acceptors (Lipinski definition) is 3. The van der Waals surface area contributed by atoms with Crippen molar-refractivity contribution < 1.29 is 14.6 Å². The molecule has 1 aliphatic carbocycles. The third kappa shape index (κ3) is 2.28. The Hall–Kier alpha value is -2.00. The first-order valence-electron chi connectivity index (χ1n) is 7.14. The molecule has 0 spiro atoms. The molecule has 110 valence electrons. The van der Waals surface area contributed by atoms with Gasteiger partial charge >= 0.3 is 0 Å². The fourth-order valence-electron chi connectivity index (χ4n) is 3.11. The number of hydrogen-bond donors (Lipinski definition) is 1. The standard InChI is InChI=1S/C18H20O3/c1-11-8-16(20-2)17(21-3)10-14(11)18(19)15-9-12-6-4-5-7-13(12)15/h4-8,10,15,18-19H,9H2,1-3H3. The van der Waals surface area contributed by atoms with Crippen molar-refractivity contribution in [3.05, 3.63) is 58.7 Å². The van der Waals surface area contributed by atoms with Crippen LogP contribution < -0.4 is 9.47 Å². The van der Waals surface area contributed by atoms with Gasteiger partial charge in [0.15, 0.2) is 11.5 Å². The molecule has 3 rings (SSSR count). The summed E-state index contributed by atoms with van der Waals surface area (Å²) in [5, 5.41) is 10.8. The number of fused-ring (bicyclic) bond motifs is 1. The number of benzene rings is 2. The van der Waals surface area contributed by atoms with Crippen molar-refractivity contribution in [1.82, 2.24) is 0 Å². The summed E-state index contributed by atoms with van der Waals surface area (Å²) in [5.41, 5.74) is 4.51. The van der Waals surface area contributed by atoms with Crippen LogP contribution in [0.2, 0.25) is 0 Å². The summed E-state index contributed by atoms with van der Waals surface area (Å²) in [7, 11) is 3.23. The van der Waals surface area contributed by atoms with Crippen LogP contribution in [0.1, 0.15) is 34.3 Å². The van der Waals surface area contributed by atoms with Crippen LogP contribution >= 0.6 is 0 Å². The van der Waals surface area contributed by atoms with Gasteiger partial charge in [-0.05, 0) is 47.7 Å². The summed E-state index contributed by atoms with van der Waals surface area (Å²) in [5.74, 6) is 1.52. The van der Waals surface area contributed by atoms with E-state index >= 15 is 0 Å². The SMILES string of the molecule is COc1cc(C)c(C(O)C2Cc3ccccc32)cc1OC. The van der Waals surface area contributed by atoms with E-state index in [9.17, 15) is 5.11 Å². The maximum atomic E-state index is 10.8. The fourth-order valence-corrected chi connectivity index (χ4v) is 3.11. The Labute approximate surface area is 125 Å². The molecular weight excluding hydrogens is 264 g/mol. The highest BCUT2D eigenvalue weighted by molar-refractivity contribution is 5.50. The van der Waals surface area contributed by atoms with Gasteiger partial charge in [-0.15, -0.1) is 0 Å². The molecule has 2 atom stereocenters. The Kier molecular flexibility index (Phi) is 3.60. The second-order valence-corrected chi connectivity index (χ2v) is 5.52. The Morgan fingerprint density at radius 2 is 1.76 bits per heavy atom. The zero-order valence-corrected chi connectivity index (χ0v) is 12.6. The second-order valence-electron chi connectivity index (χ2n) is 5.52. The van der Waals surface area contributed by atoms with E-state index in [-0.39, 0.29) is 5.92 Å². The highest BCUT2D eigenvalue weighted by Crippen LogP contribution is 2.45. The summed E-state index contributed by atoms with van der Waals surface area (Å²) >= 11 is 0. The first-order chi connectivity index (χ1) is 10.2. The van der Waals surface area contributed by atoms with Crippen LogP contribution in [0.4, 0.5) is 0 Å². The first-order valence-corrected chi connectivity index (χ1v) is 7.14. The van der Waals surface area contributed by atoms with E-state index in [1.165, 1.54) is 11.1 Å². The maximum Gasteiger partial charge on any atom is 0.161 e. The summed E-state index contributed by atoms with van der Waals surface area (Å²) in [4.78, 5) is 0. The molecule has 3 heteroatoms. The molecule has 0 amide bonds. The van der Waals surface area contributed by atoms with Crippen LogP contribution in [0.25, 0.3) is 0 Å². The van der Waals surface area contributed by atoms with Crippen LogP contribution in [-0.2, 0) is 6.42 Å². The van der Waals surface area contributed by atoms with E-state index in [4.69, 9.17) is 9.47 Å². The van der Waals surface area contributed by atoms with E-state index < -0.39 is 6.10 Å². The van der Waals surface area contributed by atoms with Crippen molar-refractivity contribution in [1.29, 1.82) is 0 Å². The Morgan fingerprint density at radius 3 is 2.43 bits per heavy atom. The van der Waals surface area contributed by atoms with E-state index in [1.54, 1.807) is 14.2 Å². The number of rotatable bonds is 4. The van der Waals surface area contributed by atoms with Gasteiger partial charge < -0.3 is 14.6 Å². The normalized spacial score (nSPS) is 17.6. The average Bonchev–Trinajstić information content (AvgIpc) is 2.48. The number of methoxy groups -OCH3 is 2. The number of aryl methyl sites for hydroxylation is 1. The monoisotopic (exact) mass is 284 g/mol. The van der Waals surface area contributed by atoms with Crippen molar-refractivity contribution in [3.63, 3.8) is 0 Å². The number of ether oxygens (including phenoxy) is 2. The molecule has 0 aliphatic heterocycles. The molecule has 1 aliphatic rings. The summed E-state index contributed by atoms with van der Waals surface area (Å²) in [6.07, 6.45) is 0.408. The number of aliphatic hydroxyl groups is 1. The Bertz CT molecular complexity index is 664. The van der Waals surface area contributed by atoms with E-state index in [2.05, 4.69) is 12.1 Å². The number of aliphatic hydroxyl groups excluding tert-OH is 1. The van der Waals surface area contributed by atoms with Gasteiger partial charge in [-0.25, -0.2) is 0 Å². The molecule has 0 radical (unpaired) electrons. The molecule has 2 aromatic rings. The van der Waals surface area contributed by atoms with Crippen molar-refractivity contribution in [2.75, 3.05) is 14.2 Å². The Balaban J connectivity index is 1.94. The third-order valence-electron chi connectivity index (χ3n) is 4.37. The van der Waals surface area contributed by atoms with Gasteiger partial charge in [0.2, 0.25) is 0 Å². The topological polar surface area (TPSA) is 38.7 Å². The van der Waals surface area contributed by atoms with E-state index in [0.29, 0.717) is 11.5 Å². The molecule has 3 nitrogen and oxygen atoms in total. The van der Waals surface area contributed by atoms with Crippen LogP contribution in [-0.4, -0.2) is 19.3 Å². The lowest BCUT2D eigenvalue weighted by Gasteiger charge is -2.34. The maximum absolute atomic E-state index is 10.8. The second kappa shape index (κ2) is 5.41. The zero-order valence-electron chi connectivity index (χ0n) is 12.6. The smallest absolute Gasteiger partial charge is 0.161 e. The fraction of sp³-hybridized carbons (Fsp3) is 0.333. The quantitative estimate of drug-likeness (QED) is 0.935. The molecule has 0 saturated heterocycles. The summed E-state index contributed by atoms with van der Waals surface area (Å²) < 4.78 is 10.6. The average molecular weight is 284 g/mol. The molecule has 0 heterocycles. The lowest BCUT2D eigenvalue weighted by molar-refractivity contribution is 0.133. The van der Waals surface area contributed by atoms with Crippen LogP contribution in [0, 0.1) is 6.92 Å². The minimum atomic E-state index is -0.514. The summed E-state index contributed by atoms with van der Waals surface area (Å²) in [6, 6.07) is 12.1. The first kappa shape index (κ1) is 14.0. The summed E-state index contributed by atoms with van der Waals surface area (Å²) in [6.45, 7) is 1.99. The molecule has 2 aromatic carbocycles. The molecule has 0 bridgehead atoms. The molecular formula is C18H20O3. The largest absolute Gasteiger partial charge is 0.493 e. The van der Waals surface area contributed by atoms with E-state index in [0.717, 1.165) is 17.5 Å². The lowest BCUT2D eigenvalue weighted by atomic mass is 9.72. The highest BCUT2D eigenvalue weighted by Gasteiger charge is 2.33. The van der Waals surface area contributed by atoms with Gasteiger partial charge in [0.05, 0.1) is 20.3 Å². The van der Waals surface area contributed by atoms with Gasteiger partial charge in [0.1, 0.15) is 0 Å². The van der Waals surface area contributed by atoms with Crippen LogP contribution in [0.15, 0.2) is 36.4 Å². The minimum absolute atomic E-state index is 0.165. The molecule has 2 unspecified atom stereocenters. The van der Waals surface area contributed by atoms with Gasteiger partial charge in [-0.1, -0.05) is 24.3 Å². The zero-order chi connectivity index (χ0) is 15.0. The van der Waals surface area contributed by atoms with E-state index in [1.807, 2.05) is 31.2 Å². The highest BCUT2D eigenvalue weighted by atomic mass is 16.5. The minimum Gasteiger partial charge on any atom is -0.493 e.